The molecule has 1 aliphatic rings. The normalized spacial score (nSPS) is 18.2. The van der Waals surface area contributed by atoms with E-state index in [0.717, 1.165) is 5.69 Å². The van der Waals surface area contributed by atoms with Gasteiger partial charge in [0.05, 0.1) is 5.54 Å². The Hall–Kier alpha value is -1.51. The molecule has 0 unspecified atom stereocenters. The van der Waals surface area contributed by atoms with E-state index >= 15 is 0 Å². The lowest BCUT2D eigenvalue weighted by Crippen LogP contribution is -2.17. The third kappa shape index (κ3) is 2.49. The average molecular weight is 204 g/mol. The molecule has 0 bridgehead atoms. The summed E-state index contributed by atoms with van der Waals surface area (Å²) in [6.45, 7) is 6.81. The predicted molar refractivity (Wildman–Crippen MR) is 62.3 cm³/mol. The highest BCUT2D eigenvalue weighted by molar-refractivity contribution is 5.90. The van der Waals surface area contributed by atoms with Gasteiger partial charge in [0.1, 0.15) is 6.61 Å². The Kier molecular flexibility index (Phi) is 2.39. The van der Waals surface area contributed by atoms with Gasteiger partial charge in [-0.05, 0) is 38.5 Å². The minimum atomic E-state index is -0.105. The molecule has 0 amide bonds. The summed E-state index contributed by atoms with van der Waals surface area (Å²) < 4.78 is 5.45. The Balaban J connectivity index is 2.10. The number of ether oxygens (including phenoxy) is 1. The van der Waals surface area contributed by atoms with Crippen LogP contribution in [0.15, 0.2) is 29.3 Å². The molecule has 3 nitrogen and oxygen atoms in total. The van der Waals surface area contributed by atoms with Crippen LogP contribution in [0.2, 0.25) is 0 Å². The first-order valence-electron chi connectivity index (χ1n) is 5.11. The SMILES string of the molecule is Cc1cccc(NC2=NC(C)(C)CO2)c1. The van der Waals surface area contributed by atoms with E-state index in [4.69, 9.17) is 4.74 Å². The van der Waals surface area contributed by atoms with Crippen molar-refractivity contribution in [3.8, 4) is 0 Å². The molecule has 1 aliphatic heterocycles. The molecule has 0 saturated carbocycles. The van der Waals surface area contributed by atoms with Crippen molar-refractivity contribution < 1.29 is 4.74 Å². The number of benzene rings is 1. The molecular weight excluding hydrogens is 188 g/mol. The highest BCUT2D eigenvalue weighted by Gasteiger charge is 2.26. The molecule has 0 spiro atoms. The minimum absolute atomic E-state index is 0.105. The molecule has 1 heterocycles. The lowest BCUT2D eigenvalue weighted by molar-refractivity contribution is 0.278. The Morgan fingerprint density at radius 2 is 2.20 bits per heavy atom. The molecule has 80 valence electrons. The van der Waals surface area contributed by atoms with Crippen LogP contribution in [0.1, 0.15) is 19.4 Å². The molecule has 0 aromatic heterocycles. The molecule has 3 heteroatoms. The number of hydrogen-bond donors (Lipinski definition) is 1. The van der Waals surface area contributed by atoms with Gasteiger partial charge >= 0.3 is 0 Å². The summed E-state index contributed by atoms with van der Waals surface area (Å²) in [7, 11) is 0. The highest BCUT2D eigenvalue weighted by atomic mass is 16.5. The molecule has 0 radical (unpaired) electrons. The molecule has 1 aromatic carbocycles. The molecule has 2 rings (SSSR count). The summed E-state index contributed by atoms with van der Waals surface area (Å²) in [4.78, 5) is 4.43. The van der Waals surface area contributed by atoms with Gasteiger partial charge in [0, 0.05) is 5.69 Å². The number of amidine groups is 1. The number of hydrogen-bond acceptors (Lipinski definition) is 3. The second-order valence-electron chi connectivity index (χ2n) is 4.51. The number of aryl methyl sites for hydroxylation is 1. The number of aliphatic imine (C=N–C) groups is 1. The summed E-state index contributed by atoms with van der Waals surface area (Å²) in [6.07, 6.45) is 0. The van der Waals surface area contributed by atoms with Gasteiger partial charge in [-0.1, -0.05) is 12.1 Å². The van der Waals surface area contributed by atoms with Crippen LogP contribution >= 0.6 is 0 Å². The second-order valence-corrected chi connectivity index (χ2v) is 4.51. The van der Waals surface area contributed by atoms with E-state index in [1.807, 2.05) is 12.1 Å². The first-order chi connectivity index (χ1) is 7.05. The van der Waals surface area contributed by atoms with Crippen molar-refractivity contribution in [2.45, 2.75) is 26.3 Å². The lowest BCUT2D eigenvalue weighted by atomic mass is 10.1. The molecule has 0 fully saturated rings. The largest absolute Gasteiger partial charge is 0.462 e. The zero-order valence-corrected chi connectivity index (χ0v) is 9.37. The molecular formula is C12H16N2O. The maximum absolute atomic E-state index is 5.45. The molecule has 1 aromatic rings. The summed E-state index contributed by atoms with van der Waals surface area (Å²) >= 11 is 0. The summed E-state index contributed by atoms with van der Waals surface area (Å²) in [5, 5.41) is 3.17. The van der Waals surface area contributed by atoms with Crippen molar-refractivity contribution in [3.05, 3.63) is 29.8 Å². The number of rotatable bonds is 1. The van der Waals surface area contributed by atoms with Gasteiger partial charge in [0.25, 0.3) is 6.02 Å². The summed E-state index contributed by atoms with van der Waals surface area (Å²) in [6, 6.07) is 8.76. The quantitative estimate of drug-likeness (QED) is 0.762. The number of anilines is 1. The fourth-order valence-corrected chi connectivity index (χ4v) is 1.49. The zero-order chi connectivity index (χ0) is 10.9. The second kappa shape index (κ2) is 3.57. The molecule has 0 aliphatic carbocycles. The van der Waals surface area contributed by atoms with Crippen LogP contribution in [-0.4, -0.2) is 18.2 Å². The van der Waals surface area contributed by atoms with Crippen molar-refractivity contribution in [2.24, 2.45) is 4.99 Å². The fraction of sp³-hybridized carbons (Fsp3) is 0.417. The van der Waals surface area contributed by atoms with Crippen LogP contribution in [0, 0.1) is 6.92 Å². The Morgan fingerprint density at radius 3 is 2.80 bits per heavy atom. The highest BCUT2D eigenvalue weighted by Crippen LogP contribution is 2.18. The average Bonchev–Trinajstić information content (AvgIpc) is 2.45. The van der Waals surface area contributed by atoms with Crippen molar-refractivity contribution in [2.75, 3.05) is 11.9 Å². The zero-order valence-electron chi connectivity index (χ0n) is 9.37. The lowest BCUT2D eigenvalue weighted by Gasteiger charge is -2.07. The molecule has 1 N–H and O–H groups in total. The van der Waals surface area contributed by atoms with Gasteiger partial charge in [-0.25, -0.2) is 4.99 Å². The van der Waals surface area contributed by atoms with Crippen LogP contribution in [0.5, 0.6) is 0 Å². The van der Waals surface area contributed by atoms with Crippen molar-refractivity contribution in [1.29, 1.82) is 0 Å². The smallest absolute Gasteiger partial charge is 0.289 e. The van der Waals surface area contributed by atoms with E-state index in [1.165, 1.54) is 5.56 Å². The Morgan fingerprint density at radius 1 is 1.40 bits per heavy atom. The van der Waals surface area contributed by atoms with Crippen molar-refractivity contribution >= 4 is 11.7 Å². The van der Waals surface area contributed by atoms with E-state index in [9.17, 15) is 0 Å². The number of nitrogens with one attached hydrogen (secondary N) is 1. The van der Waals surface area contributed by atoms with E-state index in [2.05, 4.69) is 43.2 Å². The maximum atomic E-state index is 5.45. The fourth-order valence-electron chi connectivity index (χ4n) is 1.49. The Bertz CT molecular complexity index is 396. The van der Waals surface area contributed by atoms with Gasteiger partial charge in [0.2, 0.25) is 0 Å². The van der Waals surface area contributed by atoms with Crippen LogP contribution in [-0.2, 0) is 4.74 Å². The maximum Gasteiger partial charge on any atom is 0.289 e. The number of nitrogens with zero attached hydrogens (tertiary/aromatic N) is 1. The standard InChI is InChI=1S/C12H16N2O/c1-9-5-4-6-10(7-9)13-11-14-12(2,3)8-15-11/h4-7H,8H2,1-3H3,(H,13,14). The Labute approximate surface area is 90.2 Å². The topological polar surface area (TPSA) is 33.6 Å². The van der Waals surface area contributed by atoms with Crippen molar-refractivity contribution in [1.82, 2.24) is 0 Å². The monoisotopic (exact) mass is 204 g/mol. The van der Waals surface area contributed by atoms with Crippen LogP contribution in [0.4, 0.5) is 5.69 Å². The van der Waals surface area contributed by atoms with Crippen LogP contribution in [0.3, 0.4) is 0 Å². The van der Waals surface area contributed by atoms with Gasteiger partial charge in [-0.2, -0.15) is 0 Å². The molecule has 0 saturated heterocycles. The van der Waals surface area contributed by atoms with Gasteiger partial charge in [-0.15, -0.1) is 0 Å². The summed E-state index contributed by atoms with van der Waals surface area (Å²) in [5.41, 5.74) is 2.14. The summed E-state index contributed by atoms with van der Waals surface area (Å²) in [5.74, 6) is 0. The van der Waals surface area contributed by atoms with Crippen LogP contribution in [0.25, 0.3) is 0 Å². The van der Waals surface area contributed by atoms with Gasteiger partial charge in [0.15, 0.2) is 0 Å². The van der Waals surface area contributed by atoms with E-state index in [0.29, 0.717) is 12.6 Å². The molecule has 15 heavy (non-hydrogen) atoms. The van der Waals surface area contributed by atoms with E-state index in [1.54, 1.807) is 0 Å². The first kappa shape index (κ1) is 10.0. The minimum Gasteiger partial charge on any atom is -0.462 e. The molecule has 0 atom stereocenters. The van der Waals surface area contributed by atoms with E-state index in [-0.39, 0.29) is 5.54 Å². The third-order valence-corrected chi connectivity index (χ3v) is 2.24. The van der Waals surface area contributed by atoms with Gasteiger partial charge in [-0.3, -0.25) is 0 Å². The predicted octanol–water partition coefficient (Wildman–Crippen LogP) is 2.57. The first-order valence-corrected chi connectivity index (χ1v) is 5.11. The third-order valence-electron chi connectivity index (χ3n) is 2.24. The van der Waals surface area contributed by atoms with E-state index < -0.39 is 0 Å². The van der Waals surface area contributed by atoms with Crippen molar-refractivity contribution in [3.63, 3.8) is 0 Å². The van der Waals surface area contributed by atoms with Crippen LogP contribution < -0.4 is 5.32 Å². The van der Waals surface area contributed by atoms with Gasteiger partial charge < -0.3 is 10.1 Å².